The monoisotopic (exact) mass is 257 g/mol. The van der Waals surface area contributed by atoms with Gasteiger partial charge in [0, 0.05) is 12.1 Å². The molecule has 0 amide bonds. The zero-order chi connectivity index (χ0) is 13.2. The molecule has 4 heteroatoms. The molecule has 0 bridgehead atoms. The molecule has 3 rings (SSSR count). The second kappa shape index (κ2) is 5.05. The van der Waals surface area contributed by atoms with Crippen molar-refractivity contribution in [3.8, 4) is 17.0 Å². The molecule has 1 aliphatic rings. The lowest BCUT2D eigenvalue weighted by molar-refractivity contribution is 0.288. The third kappa shape index (κ3) is 2.24. The van der Waals surface area contributed by atoms with E-state index in [2.05, 4.69) is 40.6 Å². The zero-order valence-electron chi connectivity index (χ0n) is 11.4. The minimum absolute atomic E-state index is 0.812. The van der Waals surface area contributed by atoms with Gasteiger partial charge in [-0.25, -0.2) is 0 Å². The van der Waals surface area contributed by atoms with Crippen LogP contribution in [0.25, 0.3) is 11.3 Å². The number of hydrogen-bond acceptors (Lipinski definition) is 3. The number of aryl methyl sites for hydroxylation is 1. The van der Waals surface area contributed by atoms with Crippen molar-refractivity contribution < 1.29 is 4.74 Å². The topological polar surface area (TPSA) is 49.9 Å². The first-order chi connectivity index (χ1) is 9.29. The summed E-state index contributed by atoms with van der Waals surface area (Å²) in [6.07, 6.45) is 2.19. The Bertz CT molecular complexity index is 589. The Balaban J connectivity index is 1.98. The second-order valence-corrected chi connectivity index (χ2v) is 4.98. The zero-order valence-corrected chi connectivity index (χ0v) is 11.4. The Morgan fingerprint density at radius 1 is 1.42 bits per heavy atom. The smallest absolute Gasteiger partial charge is 0.122 e. The number of fused-ring (bicyclic) bond motifs is 1. The largest absolute Gasteiger partial charge is 0.493 e. The van der Waals surface area contributed by atoms with Crippen LogP contribution in [0.2, 0.25) is 0 Å². The number of ether oxygens (including phenoxy) is 1. The van der Waals surface area contributed by atoms with E-state index in [0.29, 0.717) is 0 Å². The molecule has 0 radical (unpaired) electrons. The number of nitrogens with one attached hydrogen (secondary N) is 2. The first-order valence-corrected chi connectivity index (χ1v) is 6.74. The fourth-order valence-corrected chi connectivity index (χ4v) is 2.57. The van der Waals surface area contributed by atoms with Crippen LogP contribution in [-0.4, -0.2) is 23.9 Å². The summed E-state index contributed by atoms with van der Waals surface area (Å²) < 4.78 is 5.65. The standard InChI is InChI=1S/C15H19N3O/c1-10-13(9-16-2)17-18-15(10)12-5-6-14-11(8-12)4-3-7-19-14/h5-6,8,16H,3-4,7,9H2,1-2H3,(H,17,18). The van der Waals surface area contributed by atoms with E-state index < -0.39 is 0 Å². The molecule has 0 atom stereocenters. The molecule has 19 heavy (non-hydrogen) atoms. The number of benzene rings is 1. The van der Waals surface area contributed by atoms with Gasteiger partial charge in [-0.2, -0.15) is 5.10 Å². The van der Waals surface area contributed by atoms with Gasteiger partial charge in [-0.3, -0.25) is 5.10 Å². The highest BCUT2D eigenvalue weighted by Crippen LogP contribution is 2.31. The molecule has 1 aromatic heterocycles. The van der Waals surface area contributed by atoms with Gasteiger partial charge in [-0.05, 0) is 56.1 Å². The molecule has 1 aliphatic heterocycles. The molecule has 2 N–H and O–H groups in total. The summed E-state index contributed by atoms with van der Waals surface area (Å²) in [5.74, 6) is 1.03. The Kier molecular flexibility index (Phi) is 3.25. The molecule has 100 valence electrons. The van der Waals surface area contributed by atoms with Crippen molar-refractivity contribution in [3.05, 3.63) is 35.0 Å². The van der Waals surface area contributed by atoms with Crippen LogP contribution < -0.4 is 10.1 Å². The first-order valence-electron chi connectivity index (χ1n) is 6.74. The molecule has 0 fully saturated rings. The Hall–Kier alpha value is -1.81. The predicted molar refractivity (Wildman–Crippen MR) is 75.3 cm³/mol. The van der Waals surface area contributed by atoms with E-state index in [-0.39, 0.29) is 0 Å². The van der Waals surface area contributed by atoms with Crippen LogP contribution in [0.1, 0.15) is 23.2 Å². The highest BCUT2D eigenvalue weighted by atomic mass is 16.5. The van der Waals surface area contributed by atoms with Crippen LogP contribution in [0.3, 0.4) is 0 Å². The van der Waals surface area contributed by atoms with Crippen LogP contribution in [0.15, 0.2) is 18.2 Å². The minimum Gasteiger partial charge on any atom is -0.493 e. The Morgan fingerprint density at radius 2 is 2.32 bits per heavy atom. The quantitative estimate of drug-likeness (QED) is 0.888. The lowest BCUT2D eigenvalue weighted by Crippen LogP contribution is -2.08. The fraction of sp³-hybridized carbons (Fsp3) is 0.400. The predicted octanol–water partition coefficient (Wildman–Crippen LogP) is 2.43. The van der Waals surface area contributed by atoms with Gasteiger partial charge >= 0.3 is 0 Å². The molecule has 4 nitrogen and oxygen atoms in total. The maximum atomic E-state index is 5.65. The number of aromatic amines is 1. The van der Waals surface area contributed by atoms with Crippen LogP contribution >= 0.6 is 0 Å². The molecule has 2 aromatic rings. The van der Waals surface area contributed by atoms with Gasteiger partial charge in [0.25, 0.3) is 0 Å². The fourth-order valence-electron chi connectivity index (χ4n) is 2.57. The molecule has 0 saturated heterocycles. The second-order valence-electron chi connectivity index (χ2n) is 4.98. The van der Waals surface area contributed by atoms with Gasteiger partial charge in [0.2, 0.25) is 0 Å². The SMILES string of the molecule is CNCc1[nH]nc(-c2ccc3c(c2)CCCO3)c1C. The summed E-state index contributed by atoms with van der Waals surface area (Å²) in [6.45, 7) is 3.76. The van der Waals surface area contributed by atoms with E-state index in [0.717, 1.165) is 43.1 Å². The van der Waals surface area contributed by atoms with E-state index in [4.69, 9.17) is 4.74 Å². The van der Waals surface area contributed by atoms with Crippen LogP contribution in [-0.2, 0) is 13.0 Å². The van der Waals surface area contributed by atoms with Crippen molar-refractivity contribution in [1.29, 1.82) is 0 Å². The summed E-state index contributed by atoms with van der Waals surface area (Å²) >= 11 is 0. The summed E-state index contributed by atoms with van der Waals surface area (Å²) in [4.78, 5) is 0. The number of H-pyrrole nitrogens is 1. The normalized spacial score (nSPS) is 14.0. The molecular weight excluding hydrogens is 238 g/mol. The summed E-state index contributed by atoms with van der Waals surface area (Å²) in [5.41, 5.74) is 5.86. The summed E-state index contributed by atoms with van der Waals surface area (Å²) in [5, 5.41) is 10.7. The highest BCUT2D eigenvalue weighted by Gasteiger charge is 2.14. The van der Waals surface area contributed by atoms with E-state index in [1.165, 1.54) is 16.7 Å². The molecule has 0 aliphatic carbocycles. The number of nitrogens with zero attached hydrogens (tertiary/aromatic N) is 1. The lowest BCUT2D eigenvalue weighted by atomic mass is 10.00. The first kappa shape index (κ1) is 12.2. The van der Waals surface area contributed by atoms with E-state index in [1.54, 1.807) is 0 Å². The number of hydrogen-bond donors (Lipinski definition) is 2. The van der Waals surface area contributed by atoms with Gasteiger partial charge in [-0.1, -0.05) is 0 Å². The van der Waals surface area contributed by atoms with E-state index in [9.17, 15) is 0 Å². The molecule has 2 heterocycles. The summed E-state index contributed by atoms with van der Waals surface area (Å²) in [6, 6.07) is 6.37. The third-order valence-electron chi connectivity index (χ3n) is 3.65. The number of aromatic nitrogens is 2. The van der Waals surface area contributed by atoms with Gasteiger partial charge in [0.05, 0.1) is 18.0 Å². The van der Waals surface area contributed by atoms with Crippen molar-refractivity contribution in [2.45, 2.75) is 26.3 Å². The molecule has 1 aromatic carbocycles. The maximum Gasteiger partial charge on any atom is 0.122 e. The van der Waals surface area contributed by atoms with Crippen molar-refractivity contribution in [2.75, 3.05) is 13.7 Å². The lowest BCUT2D eigenvalue weighted by Gasteiger charge is -2.17. The van der Waals surface area contributed by atoms with Crippen molar-refractivity contribution in [3.63, 3.8) is 0 Å². The van der Waals surface area contributed by atoms with Gasteiger partial charge in [0.1, 0.15) is 5.75 Å². The minimum atomic E-state index is 0.812. The van der Waals surface area contributed by atoms with E-state index >= 15 is 0 Å². The molecule has 0 saturated carbocycles. The van der Waals surface area contributed by atoms with Crippen molar-refractivity contribution in [2.24, 2.45) is 0 Å². The van der Waals surface area contributed by atoms with Crippen LogP contribution in [0, 0.1) is 6.92 Å². The third-order valence-corrected chi connectivity index (χ3v) is 3.65. The maximum absolute atomic E-state index is 5.65. The molecule has 0 spiro atoms. The Labute approximate surface area is 113 Å². The average Bonchev–Trinajstić information content (AvgIpc) is 2.80. The van der Waals surface area contributed by atoms with Crippen molar-refractivity contribution in [1.82, 2.24) is 15.5 Å². The highest BCUT2D eigenvalue weighted by molar-refractivity contribution is 5.66. The number of rotatable bonds is 3. The van der Waals surface area contributed by atoms with Gasteiger partial charge in [-0.15, -0.1) is 0 Å². The van der Waals surface area contributed by atoms with Gasteiger partial charge in [0.15, 0.2) is 0 Å². The van der Waals surface area contributed by atoms with Crippen LogP contribution in [0.5, 0.6) is 5.75 Å². The Morgan fingerprint density at radius 3 is 3.16 bits per heavy atom. The van der Waals surface area contributed by atoms with Crippen molar-refractivity contribution >= 4 is 0 Å². The van der Waals surface area contributed by atoms with Crippen LogP contribution in [0.4, 0.5) is 0 Å². The molecule has 0 unspecified atom stereocenters. The van der Waals surface area contributed by atoms with Gasteiger partial charge < -0.3 is 10.1 Å². The van der Waals surface area contributed by atoms with E-state index in [1.807, 2.05) is 7.05 Å². The average molecular weight is 257 g/mol. The summed E-state index contributed by atoms with van der Waals surface area (Å²) in [7, 11) is 1.94. The molecular formula is C15H19N3O.